The van der Waals surface area contributed by atoms with E-state index in [-0.39, 0.29) is 11.6 Å². The van der Waals surface area contributed by atoms with E-state index in [0.29, 0.717) is 38.7 Å². The highest BCUT2D eigenvalue weighted by Gasteiger charge is 2.20. The van der Waals surface area contributed by atoms with Crippen LogP contribution in [0.3, 0.4) is 0 Å². The number of pyridine rings is 1. The number of aryl methyl sites for hydroxylation is 1. The molecule has 3 aromatic heterocycles. The Bertz CT molecular complexity index is 1460. The van der Waals surface area contributed by atoms with Gasteiger partial charge in [-0.2, -0.15) is 5.10 Å². The van der Waals surface area contributed by atoms with Gasteiger partial charge in [0.05, 0.1) is 40.2 Å². The number of nitrogens with one attached hydrogen (secondary N) is 1. The van der Waals surface area contributed by atoms with Gasteiger partial charge in [-0.3, -0.25) is 4.79 Å². The second-order valence-corrected chi connectivity index (χ2v) is 7.60. The fourth-order valence-corrected chi connectivity index (χ4v) is 3.75. The molecule has 0 aliphatic heterocycles. The average Bonchev–Trinajstić information content (AvgIpc) is 3.49. The maximum absolute atomic E-state index is 13.3. The smallest absolute Gasteiger partial charge is 0.259 e. The van der Waals surface area contributed by atoms with Crippen molar-refractivity contribution in [2.75, 3.05) is 12.4 Å². The molecule has 0 unspecified atom stereocenters. The molecule has 0 aliphatic carbocycles. The third kappa shape index (κ3) is 3.90. The van der Waals surface area contributed by atoms with Crippen LogP contribution >= 0.6 is 11.6 Å². The molecular formula is C23H17ClN6O3. The van der Waals surface area contributed by atoms with E-state index < -0.39 is 0 Å². The molecular weight excluding hydrogens is 444 g/mol. The number of halogens is 1. The second kappa shape index (κ2) is 8.36. The SMILES string of the molecule is COc1ccc(-c2cc(C(=O)Nc3ccc(-n4cncn4)c(Cl)c3)c3c(C)noc3n2)cc1. The van der Waals surface area contributed by atoms with E-state index in [0.717, 1.165) is 11.3 Å². The number of benzene rings is 2. The molecule has 0 aliphatic rings. The van der Waals surface area contributed by atoms with Gasteiger partial charge in [0.2, 0.25) is 0 Å². The van der Waals surface area contributed by atoms with Gasteiger partial charge in [0, 0.05) is 11.3 Å². The predicted molar refractivity (Wildman–Crippen MR) is 123 cm³/mol. The second-order valence-electron chi connectivity index (χ2n) is 7.19. The molecule has 1 N–H and O–H groups in total. The van der Waals surface area contributed by atoms with Crippen molar-refractivity contribution < 1.29 is 14.1 Å². The molecule has 0 saturated carbocycles. The number of hydrogen-bond acceptors (Lipinski definition) is 7. The van der Waals surface area contributed by atoms with Gasteiger partial charge in [0.15, 0.2) is 0 Å². The topological polar surface area (TPSA) is 108 Å². The Morgan fingerprint density at radius 3 is 2.67 bits per heavy atom. The zero-order chi connectivity index (χ0) is 22.9. The molecule has 5 aromatic rings. The van der Waals surface area contributed by atoms with Crippen LogP contribution in [0.25, 0.3) is 28.0 Å². The minimum absolute atomic E-state index is 0.283. The number of anilines is 1. The number of hydrogen-bond donors (Lipinski definition) is 1. The zero-order valence-electron chi connectivity index (χ0n) is 17.6. The van der Waals surface area contributed by atoms with Crippen molar-refractivity contribution in [3.05, 3.63) is 77.5 Å². The highest BCUT2D eigenvalue weighted by molar-refractivity contribution is 6.32. The lowest BCUT2D eigenvalue weighted by molar-refractivity contribution is 0.102. The minimum atomic E-state index is -0.340. The Balaban J connectivity index is 1.51. The molecule has 0 atom stereocenters. The standard InChI is InChI=1S/C23H17ClN6O3/c1-13-21-17(10-19(28-23(21)33-29-13)14-3-6-16(32-2)7-4-14)22(31)27-15-5-8-20(18(24)9-15)30-12-25-11-26-30/h3-12H,1-2H3,(H,27,31). The Morgan fingerprint density at radius 1 is 1.15 bits per heavy atom. The van der Waals surface area contributed by atoms with Crippen LogP contribution in [0, 0.1) is 6.92 Å². The van der Waals surface area contributed by atoms with Crippen LogP contribution in [-0.4, -0.2) is 37.9 Å². The van der Waals surface area contributed by atoms with E-state index in [1.54, 1.807) is 49.3 Å². The number of carbonyl (C=O) groups excluding carboxylic acids is 1. The first kappa shape index (κ1) is 20.7. The Labute approximate surface area is 193 Å². The number of fused-ring (bicyclic) bond motifs is 1. The molecule has 0 spiro atoms. The highest BCUT2D eigenvalue weighted by Crippen LogP contribution is 2.29. The van der Waals surface area contributed by atoms with Crippen molar-refractivity contribution in [2.45, 2.75) is 6.92 Å². The van der Waals surface area contributed by atoms with Crippen molar-refractivity contribution in [2.24, 2.45) is 0 Å². The summed E-state index contributed by atoms with van der Waals surface area (Å²) in [7, 11) is 1.60. The summed E-state index contributed by atoms with van der Waals surface area (Å²) in [6, 6.07) is 14.2. The minimum Gasteiger partial charge on any atom is -0.497 e. The average molecular weight is 461 g/mol. The van der Waals surface area contributed by atoms with Crippen molar-refractivity contribution in [1.82, 2.24) is 24.9 Å². The van der Waals surface area contributed by atoms with E-state index in [2.05, 4.69) is 25.5 Å². The van der Waals surface area contributed by atoms with Crippen LogP contribution in [0.1, 0.15) is 16.1 Å². The third-order valence-corrected chi connectivity index (χ3v) is 5.42. The van der Waals surface area contributed by atoms with Crippen LogP contribution in [0.4, 0.5) is 5.69 Å². The van der Waals surface area contributed by atoms with Crippen LogP contribution < -0.4 is 10.1 Å². The quantitative estimate of drug-likeness (QED) is 0.405. The van der Waals surface area contributed by atoms with Crippen molar-refractivity contribution in [3.63, 3.8) is 0 Å². The largest absolute Gasteiger partial charge is 0.497 e. The summed E-state index contributed by atoms with van der Waals surface area (Å²) in [5.74, 6) is 0.382. The normalized spacial score (nSPS) is 11.0. The maximum Gasteiger partial charge on any atom is 0.259 e. The summed E-state index contributed by atoms with van der Waals surface area (Å²) < 4.78 is 12.1. The molecule has 0 radical (unpaired) electrons. The van der Waals surface area contributed by atoms with Gasteiger partial charge in [-0.15, -0.1) is 0 Å². The molecule has 1 amide bonds. The van der Waals surface area contributed by atoms with Crippen LogP contribution in [-0.2, 0) is 0 Å². The molecule has 33 heavy (non-hydrogen) atoms. The number of amides is 1. The number of rotatable bonds is 5. The molecule has 10 heteroatoms. The summed E-state index contributed by atoms with van der Waals surface area (Å²) in [5, 5.41) is 11.9. The molecule has 5 rings (SSSR count). The van der Waals surface area contributed by atoms with Gasteiger partial charge >= 0.3 is 0 Å². The summed E-state index contributed by atoms with van der Waals surface area (Å²) in [6.07, 6.45) is 2.96. The van der Waals surface area contributed by atoms with E-state index in [9.17, 15) is 4.79 Å². The Kier molecular flexibility index (Phi) is 5.23. The summed E-state index contributed by atoms with van der Waals surface area (Å²) in [5.41, 5.74) is 3.80. The number of methoxy groups -OCH3 is 1. The first-order valence-electron chi connectivity index (χ1n) is 9.91. The monoisotopic (exact) mass is 460 g/mol. The molecule has 9 nitrogen and oxygen atoms in total. The summed E-state index contributed by atoms with van der Waals surface area (Å²) in [6.45, 7) is 1.77. The number of aromatic nitrogens is 5. The molecule has 0 saturated heterocycles. The van der Waals surface area contributed by atoms with Gasteiger partial charge in [-0.1, -0.05) is 16.8 Å². The van der Waals surface area contributed by atoms with Crippen LogP contribution in [0.15, 0.2) is 65.7 Å². The lowest BCUT2D eigenvalue weighted by atomic mass is 10.0. The zero-order valence-corrected chi connectivity index (χ0v) is 18.4. The molecule has 0 bridgehead atoms. The highest BCUT2D eigenvalue weighted by atomic mass is 35.5. The lowest BCUT2D eigenvalue weighted by Crippen LogP contribution is -2.13. The fourth-order valence-electron chi connectivity index (χ4n) is 3.48. The number of carbonyl (C=O) groups is 1. The third-order valence-electron chi connectivity index (χ3n) is 5.12. The van der Waals surface area contributed by atoms with Gasteiger partial charge in [0.25, 0.3) is 11.6 Å². The lowest BCUT2D eigenvalue weighted by Gasteiger charge is -2.10. The summed E-state index contributed by atoms with van der Waals surface area (Å²) >= 11 is 6.40. The van der Waals surface area contributed by atoms with Crippen LogP contribution in [0.5, 0.6) is 5.75 Å². The first-order chi connectivity index (χ1) is 16.0. The van der Waals surface area contributed by atoms with E-state index in [1.807, 2.05) is 24.3 Å². The molecule has 0 fully saturated rings. The Hall–Kier alpha value is -4.24. The van der Waals surface area contributed by atoms with Crippen molar-refractivity contribution >= 4 is 34.3 Å². The Morgan fingerprint density at radius 2 is 1.97 bits per heavy atom. The molecule has 164 valence electrons. The first-order valence-corrected chi connectivity index (χ1v) is 10.3. The van der Waals surface area contributed by atoms with Crippen molar-refractivity contribution in [1.29, 1.82) is 0 Å². The molecule has 2 aromatic carbocycles. The van der Waals surface area contributed by atoms with E-state index in [4.69, 9.17) is 20.9 Å². The van der Waals surface area contributed by atoms with Gasteiger partial charge in [0.1, 0.15) is 18.4 Å². The number of nitrogens with zero attached hydrogens (tertiary/aromatic N) is 5. The van der Waals surface area contributed by atoms with Gasteiger partial charge in [-0.05, 0) is 55.5 Å². The van der Waals surface area contributed by atoms with Crippen molar-refractivity contribution in [3.8, 4) is 22.7 Å². The maximum atomic E-state index is 13.3. The predicted octanol–water partition coefficient (Wildman–Crippen LogP) is 4.69. The fraction of sp³-hybridized carbons (Fsp3) is 0.0870. The van der Waals surface area contributed by atoms with E-state index >= 15 is 0 Å². The van der Waals surface area contributed by atoms with Crippen LogP contribution in [0.2, 0.25) is 5.02 Å². The van der Waals surface area contributed by atoms with E-state index in [1.165, 1.54) is 6.33 Å². The van der Waals surface area contributed by atoms with Gasteiger partial charge in [-0.25, -0.2) is 14.6 Å². The summed E-state index contributed by atoms with van der Waals surface area (Å²) in [4.78, 5) is 21.7. The molecule has 3 heterocycles. The van der Waals surface area contributed by atoms with Gasteiger partial charge < -0.3 is 14.6 Å². The number of ether oxygens (including phenoxy) is 1.